The Labute approximate surface area is 235 Å². The summed E-state index contributed by atoms with van der Waals surface area (Å²) < 4.78 is 12.4. The first-order valence-electron chi connectivity index (χ1n) is 13.2. The Morgan fingerprint density at radius 3 is 2.10 bits per heavy atom. The molecule has 0 radical (unpaired) electrons. The van der Waals surface area contributed by atoms with Gasteiger partial charge in [-0.05, 0) is 91.6 Å². The number of carbonyl (C=O) groups excluding carboxylic acids is 2. The summed E-state index contributed by atoms with van der Waals surface area (Å²) in [6.07, 6.45) is 1.90. The van der Waals surface area contributed by atoms with E-state index in [2.05, 4.69) is 18.3 Å². The van der Waals surface area contributed by atoms with Crippen LogP contribution < -0.4 is 14.8 Å². The van der Waals surface area contributed by atoms with Gasteiger partial charge in [0.2, 0.25) is 11.9 Å². The number of hydrogen-bond acceptors (Lipinski definition) is 5. The number of carbonyl (C=O) groups is 2. The maximum absolute atomic E-state index is 13.4. The number of nitrogens with one attached hydrogen (secondary N) is 1. The molecule has 0 spiro atoms. The molecule has 2 amide bonds. The minimum atomic E-state index is -0.334. The van der Waals surface area contributed by atoms with Gasteiger partial charge in [0.1, 0.15) is 18.0 Å². The summed E-state index contributed by atoms with van der Waals surface area (Å²) in [5.74, 6) is 1.41. The van der Waals surface area contributed by atoms with E-state index in [0.29, 0.717) is 29.5 Å². The quantitative estimate of drug-likeness (QED) is 0.270. The van der Waals surface area contributed by atoms with Gasteiger partial charge in [0.25, 0.3) is 5.91 Å². The fraction of sp³-hybridized carbons (Fsp3) is 0.281. The van der Waals surface area contributed by atoms with Crippen LogP contribution in [0.15, 0.2) is 72.9 Å². The average molecular weight is 541 g/mol. The number of amides is 2. The van der Waals surface area contributed by atoms with Gasteiger partial charge in [-0.2, -0.15) is 0 Å². The highest BCUT2D eigenvalue weighted by Gasteiger charge is 2.22. The maximum atomic E-state index is 13.4. The zero-order valence-corrected chi connectivity index (χ0v) is 23.9. The predicted octanol–water partition coefficient (Wildman–Crippen LogP) is 5.91. The zero-order chi connectivity index (χ0) is 28.8. The summed E-state index contributed by atoms with van der Waals surface area (Å²) in [6.45, 7) is 8.45. The van der Waals surface area contributed by atoms with Crippen LogP contribution in [-0.2, 0) is 4.79 Å². The summed E-state index contributed by atoms with van der Waals surface area (Å²) >= 11 is 0. The molecule has 3 aromatic carbocycles. The van der Waals surface area contributed by atoms with Crippen molar-refractivity contribution in [3.63, 3.8) is 0 Å². The SMILES string of the molecule is COc1ccc(C(=O)N(CC(=O)Nc2nc(-c3ccc(OC)cc3)cn2-c2ccc(C)c(C)c2)CC(C)C)cc1. The number of rotatable bonds is 10. The highest BCUT2D eigenvalue weighted by Crippen LogP contribution is 2.27. The Morgan fingerprint density at radius 2 is 1.52 bits per heavy atom. The molecule has 0 atom stereocenters. The number of benzene rings is 3. The van der Waals surface area contributed by atoms with Gasteiger partial charge in [0.15, 0.2) is 0 Å². The van der Waals surface area contributed by atoms with Crippen LogP contribution in [0.5, 0.6) is 11.5 Å². The van der Waals surface area contributed by atoms with E-state index in [4.69, 9.17) is 14.5 Å². The van der Waals surface area contributed by atoms with Crippen molar-refractivity contribution < 1.29 is 19.1 Å². The van der Waals surface area contributed by atoms with Gasteiger partial charge in [-0.25, -0.2) is 4.98 Å². The molecule has 8 nitrogen and oxygen atoms in total. The van der Waals surface area contributed by atoms with Gasteiger partial charge in [-0.1, -0.05) is 19.9 Å². The second-order valence-corrected chi connectivity index (χ2v) is 10.2. The Kier molecular flexibility index (Phi) is 8.89. The fourth-order valence-corrected chi connectivity index (χ4v) is 4.36. The van der Waals surface area contributed by atoms with Crippen molar-refractivity contribution in [2.75, 3.05) is 32.6 Å². The van der Waals surface area contributed by atoms with Crippen molar-refractivity contribution in [3.8, 4) is 28.4 Å². The molecule has 0 aliphatic rings. The zero-order valence-electron chi connectivity index (χ0n) is 23.9. The largest absolute Gasteiger partial charge is 0.497 e. The number of aryl methyl sites for hydroxylation is 2. The van der Waals surface area contributed by atoms with E-state index in [-0.39, 0.29) is 24.3 Å². The van der Waals surface area contributed by atoms with E-state index in [1.54, 1.807) is 43.4 Å². The second kappa shape index (κ2) is 12.5. The lowest BCUT2D eigenvalue weighted by atomic mass is 10.1. The van der Waals surface area contributed by atoms with Crippen LogP contribution in [0.3, 0.4) is 0 Å². The molecule has 0 saturated carbocycles. The number of anilines is 1. The minimum absolute atomic E-state index is 0.110. The number of aromatic nitrogens is 2. The topological polar surface area (TPSA) is 85.7 Å². The molecule has 1 heterocycles. The second-order valence-electron chi connectivity index (χ2n) is 10.2. The van der Waals surface area contributed by atoms with Crippen molar-refractivity contribution in [1.29, 1.82) is 0 Å². The molecule has 0 unspecified atom stereocenters. The van der Waals surface area contributed by atoms with Crippen molar-refractivity contribution >= 4 is 17.8 Å². The average Bonchev–Trinajstić information content (AvgIpc) is 3.37. The number of methoxy groups -OCH3 is 2. The summed E-state index contributed by atoms with van der Waals surface area (Å²) in [4.78, 5) is 33.1. The molecular weight excluding hydrogens is 504 g/mol. The third-order valence-electron chi connectivity index (χ3n) is 6.66. The van der Waals surface area contributed by atoms with Gasteiger partial charge >= 0.3 is 0 Å². The fourth-order valence-electron chi connectivity index (χ4n) is 4.36. The van der Waals surface area contributed by atoms with Crippen LogP contribution in [0.1, 0.15) is 35.3 Å². The van der Waals surface area contributed by atoms with Crippen LogP contribution >= 0.6 is 0 Å². The van der Waals surface area contributed by atoms with Gasteiger partial charge in [-0.3, -0.25) is 19.5 Å². The van der Waals surface area contributed by atoms with Crippen molar-refractivity contribution in [3.05, 3.63) is 89.6 Å². The first kappa shape index (κ1) is 28.4. The van der Waals surface area contributed by atoms with E-state index in [1.807, 2.05) is 67.9 Å². The molecule has 208 valence electrons. The molecule has 0 saturated heterocycles. The third-order valence-corrected chi connectivity index (χ3v) is 6.66. The Hall–Kier alpha value is -4.59. The van der Waals surface area contributed by atoms with Gasteiger partial charge in [0.05, 0.1) is 19.9 Å². The highest BCUT2D eigenvalue weighted by atomic mass is 16.5. The van der Waals surface area contributed by atoms with E-state index in [0.717, 1.165) is 22.6 Å². The summed E-state index contributed by atoms with van der Waals surface area (Å²) in [5, 5.41) is 2.96. The molecule has 4 aromatic rings. The maximum Gasteiger partial charge on any atom is 0.254 e. The van der Waals surface area contributed by atoms with E-state index in [1.165, 1.54) is 5.56 Å². The van der Waals surface area contributed by atoms with E-state index in [9.17, 15) is 9.59 Å². The molecular formula is C32H36N4O4. The van der Waals surface area contributed by atoms with E-state index < -0.39 is 0 Å². The molecule has 4 rings (SSSR count). The van der Waals surface area contributed by atoms with Crippen LogP contribution in [0.25, 0.3) is 16.9 Å². The lowest BCUT2D eigenvalue weighted by molar-refractivity contribution is -0.117. The lowest BCUT2D eigenvalue weighted by Gasteiger charge is -2.24. The Bertz CT molecular complexity index is 1470. The summed E-state index contributed by atoms with van der Waals surface area (Å²) in [5.41, 5.74) is 5.25. The standard InChI is InChI=1S/C32H36N4O4/c1-21(2)18-35(31(38)25-10-15-28(40-6)16-11-25)20-30(37)34-32-33-29(24-8-13-27(39-5)14-9-24)19-36(32)26-12-7-22(3)23(4)17-26/h7-17,19,21H,18,20H2,1-6H3,(H,33,34,37). The molecule has 1 N–H and O–H groups in total. The van der Waals surface area contributed by atoms with Crippen molar-refractivity contribution in [2.45, 2.75) is 27.7 Å². The third kappa shape index (κ3) is 6.69. The van der Waals surface area contributed by atoms with Crippen LogP contribution in [0.4, 0.5) is 5.95 Å². The van der Waals surface area contributed by atoms with Crippen LogP contribution in [0.2, 0.25) is 0 Å². The van der Waals surface area contributed by atoms with Gasteiger partial charge < -0.3 is 14.4 Å². The Balaban J connectivity index is 1.63. The normalized spacial score (nSPS) is 10.9. The molecule has 0 aliphatic carbocycles. The smallest absolute Gasteiger partial charge is 0.254 e. The number of hydrogen-bond donors (Lipinski definition) is 1. The molecule has 0 fully saturated rings. The predicted molar refractivity (Wildman–Crippen MR) is 157 cm³/mol. The Morgan fingerprint density at radius 1 is 0.900 bits per heavy atom. The molecule has 8 heteroatoms. The molecule has 0 aliphatic heterocycles. The highest BCUT2D eigenvalue weighted by molar-refractivity contribution is 5.99. The minimum Gasteiger partial charge on any atom is -0.497 e. The lowest BCUT2D eigenvalue weighted by Crippen LogP contribution is -2.40. The monoisotopic (exact) mass is 540 g/mol. The first-order valence-corrected chi connectivity index (χ1v) is 13.2. The van der Waals surface area contributed by atoms with Crippen molar-refractivity contribution in [1.82, 2.24) is 14.5 Å². The molecule has 1 aromatic heterocycles. The molecule has 0 bridgehead atoms. The summed E-state index contributed by atoms with van der Waals surface area (Å²) in [6, 6.07) is 20.6. The van der Waals surface area contributed by atoms with Crippen molar-refractivity contribution in [2.24, 2.45) is 5.92 Å². The van der Waals surface area contributed by atoms with E-state index >= 15 is 0 Å². The number of imidazole rings is 1. The van der Waals surface area contributed by atoms with Gasteiger partial charge in [-0.15, -0.1) is 0 Å². The number of ether oxygens (including phenoxy) is 2. The number of nitrogens with zero attached hydrogens (tertiary/aromatic N) is 3. The first-order chi connectivity index (χ1) is 19.2. The van der Waals surface area contributed by atoms with Crippen LogP contribution in [-0.4, -0.2) is 53.6 Å². The summed E-state index contributed by atoms with van der Waals surface area (Å²) in [7, 11) is 3.20. The molecule has 40 heavy (non-hydrogen) atoms. The van der Waals surface area contributed by atoms with Crippen LogP contribution in [0, 0.1) is 19.8 Å². The van der Waals surface area contributed by atoms with Gasteiger partial charge in [0, 0.05) is 29.6 Å².